The molecule has 1 aromatic heterocycles. The Labute approximate surface area is 186 Å². The quantitative estimate of drug-likeness (QED) is 0.386. The Morgan fingerprint density at radius 1 is 1.12 bits per heavy atom. The summed E-state index contributed by atoms with van der Waals surface area (Å²) < 4.78 is 42.7. The molecule has 0 saturated heterocycles. The fraction of sp³-hybridized carbons (Fsp3) is 0.217. The van der Waals surface area contributed by atoms with Gasteiger partial charge in [0.05, 0.1) is 32.3 Å². The Morgan fingerprint density at radius 3 is 2.47 bits per heavy atom. The molecular formula is C23H20F2O6S. The molecule has 0 aliphatic carbocycles. The highest BCUT2D eigenvalue weighted by molar-refractivity contribution is 7.98. The predicted octanol–water partition coefficient (Wildman–Crippen LogP) is 4.62. The monoisotopic (exact) mass is 462 g/mol. The summed E-state index contributed by atoms with van der Waals surface area (Å²) in [7, 11) is 2.74. The van der Waals surface area contributed by atoms with Crippen LogP contribution in [0.25, 0.3) is 0 Å². The van der Waals surface area contributed by atoms with E-state index in [-0.39, 0.29) is 28.6 Å². The molecule has 9 heteroatoms. The molecule has 0 radical (unpaired) electrons. The molecule has 32 heavy (non-hydrogen) atoms. The zero-order chi connectivity index (χ0) is 23.3. The molecule has 168 valence electrons. The average molecular weight is 462 g/mol. The highest BCUT2D eigenvalue weighted by Gasteiger charge is 2.26. The van der Waals surface area contributed by atoms with Crippen molar-refractivity contribution in [2.24, 2.45) is 0 Å². The second kappa shape index (κ2) is 10.3. The third-order valence-corrected chi connectivity index (χ3v) is 5.77. The number of aromatic hydroxyl groups is 1. The minimum absolute atomic E-state index is 0.0403. The fourth-order valence-electron chi connectivity index (χ4n) is 3.05. The van der Waals surface area contributed by atoms with Crippen molar-refractivity contribution in [3.8, 4) is 11.5 Å². The molecule has 0 aliphatic rings. The number of ether oxygens (including phenoxy) is 2. The molecule has 6 nitrogen and oxygen atoms in total. The normalized spacial score (nSPS) is 11.8. The minimum Gasteiger partial charge on any atom is -0.502 e. The van der Waals surface area contributed by atoms with E-state index >= 15 is 0 Å². The van der Waals surface area contributed by atoms with Crippen molar-refractivity contribution in [2.45, 2.75) is 23.0 Å². The Balaban J connectivity index is 1.97. The Bertz CT molecular complexity index is 1160. The smallest absolute Gasteiger partial charge is 0.306 e. The van der Waals surface area contributed by atoms with Crippen molar-refractivity contribution >= 4 is 17.7 Å². The first kappa shape index (κ1) is 23.3. The number of esters is 1. The lowest BCUT2D eigenvalue weighted by atomic mass is 9.92. The van der Waals surface area contributed by atoms with E-state index in [0.29, 0.717) is 11.3 Å². The summed E-state index contributed by atoms with van der Waals surface area (Å²) in [6.07, 6.45) is -0.192. The number of carbonyl (C=O) groups is 1. The summed E-state index contributed by atoms with van der Waals surface area (Å²) in [5, 5.41) is 10.4. The van der Waals surface area contributed by atoms with Gasteiger partial charge in [0.15, 0.2) is 5.76 Å². The molecule has 1 heterocycles. The number of rotatable bonds is 8. The van der Waals surface area contributed by atoms with E-state index in [4.69, 9.17) is 13.9 Å². The Hall–Kier alpha value is -3.33. The van der Waals surface area contributed by atoms with E-state index in [9.17, 15) is 23.5 Å². The Morgan fingerprint density at radius 2 is 1.84 bits per heavy atom. The lowest BCUT2D eigenvalue weighted by molar-refractivity contribution is -0.140. The summed E-state index contributed by atoms with van der Waals surface area (Å²) in [5.74, 6) is -2.77. The van der Waals surface area contributed by atoms with Crippen molar-refractivity contribution in [2.75, 3.05) is 14.2 Å². The third-order valence-electron chi connectivity index (χ3n) is 4.70. The topological polar surface area (TPSA) is 86.0 Å². The van der Waals surface area contributed by atoms with E-state index in [1.807, 2.05) is 0 Å². The molecule has 2 aromatic carbocycles. The maximum atomic E-state index is 13.9. The van der Waals surface area contributed by atoms with Gasteiger partial charge >= 0.3 is 5.97 Å². The number of hydrogen-bond acceptors (Lipinski definition) is 7. The van der Waals surface area contributed by atoms with Crippen LogP contribution in [0.3, 0.4) is 0 Å². The van der Waals surface area contributed by atoms with Gasteiger partial charge in [-0.3, -0.25) is 9.59 Å². The zero-order valence-corrected chi connectivity index (χ0v) is 18.1. The van der Waals surface area contributed by atoms with Gasteiger partial charge in [0.2, 0.25) is 11.2 Å². The largest absolute Gasteiger partial charge is 0.502 e. The van der Waals surface area contributed by atoms with Crippen LogP contribution in [0.1, 0.15) is 29.4 Å². The van der Waals surface area contributed by atoms with Crippen LogP contribution in [0.2, 0.25) is 0 Å². The minimum atomic E-state index is -0.812. The fourth-order valence-corrected chi connectivity index (χ4v) is 3.85. The number of carbonyl (C=O) groups excluding carboxylic acids is 1. The SMILES string of the molecule is COC(=O)CC(c1ccc(OC)cc1)c1oc(CSc2ccc(F)cc2F)cc(=O)c1O. The Kier molecular flexibility index (Phi) is 7.53. The molecule has 0 amide bonds. The molecule has 3 rings (SSSR count). The molecule has 0 fully saturated rings. The molecule has 1 atom stereocenters. The van der Waals surface area contributed by atoms with Crippen molar-refractivity contribution in [3.05, 3.63) is 87.5 Å². The van der Waals surface area contributed by atoms with Gasteiger partial charge < -0.3 is 19.0 Å². The molecule has 0 spiro atoms. The molecular weight excluding hydrogens is 442 g/mol. The van der Waals surface area contributed by atoms with Crippen molar-refractivity contribution in [3.63, 3.8) is 0 Å². The first-order valence-electron chi connectivity index (χ1n) is 9.47. The second-order valence-corrected chi connectivity index (χ2v) is 7.78. The van der Waals surface area contributed by atoms with Crippen LogP contribution in [0, 0.1) is 11.6 Å². The van der Waals surface area contributed by atoms with E-state index in [1.54, 1.807) is 24.3 Å². The molecule has 0 bridgehead atoms. The number of thioether (sulfide) groups is 1. The maximum Gasteiger partial charge on any atom is 0.306 e. The van der Waals surface area contributed by atoms with E-state index < -0.39 is 34.7 Å². The maximum absolute atomic E-state index is 13.9. The first-order valence-corrected chi connectivity index (χ1v) is 10.5. The van der Waals surface area contributed by atoms with Crippen LogP contribution >= 0.6 is 11.8 Å². The lowest BCUT2D eigenvalue weighted by Crippen LogP contribution is -2.14. The number of hydrogen-bond donors (Lipinski definition) is 1. The van der Waals surface area contributed by atoms with Crippen LogP contribution in [-0.2, 0) is 15.3 Å². The van der Waals surface area contributed by atoms with E-state index in [2.05, 4.69) is 0 Å². The summed E-state index contributed by atoms with van der Waals surface area (Å²) in [4.78, 5) is 24.6. The van der Waals surface area contributed by atoms with Crippen LogP contribution in [0.4, 0.5) is 8.78 Å². The number of halogens is 2. The average Bonchev–Trinajstić information content (AvgIpc) is 2.79. The first-order chi connectivity index (χ1) is 15.3. The lowest BCUT2D eigenvalue weighted by Gasteiger charge is -2.18. The molecule has 0 aliphatic heterocycles. The molecule has 3 aromatic rings. The standard InChI is InChI=1S/C23H20F2O6S/c1-29-15-6-3-13(4-7-15)17(11-21(27)30-2)23-22(28)19(26)10-16(31-23)12-32-20-8-5-14(24)9-18(20)25/h3-10,17,28H,11-12H2,1-2H3. The predicted molar refractivity (Wildman–Crippen MR) is 114 cm³/mol. The molecule has 0 saturated carbocycles. The number of benzene rings is 2. The number of methoxy groups -OCH3 is 2. The highest BCUT2D eigenvalue weighted by atomic mass is 32.2. The third kappa shape index (κ3) is 5.47. The summed E-state index contributed by atoms with van der Waals surface area (Å²) in [6, 6.07) is 11.0. The van der Waals surface area contributed by atoms with Crippen molar-refractivity contribution < 1.29 is 32.6 Å². The molecule has 1 unspecified atom stereocenters. The van der Waals surface area contributed by atoms with Crippen molar-refractivity contribution in [1.82, 2.24) is 0 Å². The van der Waals surface area contributed by atoms with Gasteiger partial charge in [-0.05, 0) is 29.8 Å². The van der Waals surface area contributed by atoms with Gasteiger partial charge in [0.25, 0.3) is 0 Å². The van der Waals surface area contributed by atoms with Crippen LogP contribution in [0.5, 0.6) is 11.5 Å². The van der Waals surface area contributed by atoms with E-state index in [0.717, 1.165) is 30.0 Å². The highest BCUT2D eigenvalue weighted by Crippen LogP contribution is 2.35. The van der Waals surface area contributed by atoms with Crippen LogP contribution in [0.15, 0.2) is 62.6 Å². The van der Waals surface area contributed by atoms with E-state index in [1.165, 1.54) is 20.3 Å². The summed E-state index contributed by atoms with van der Waals surface area (Å²) in [5.41, 5.74) is -0.117. The molecule has 1 N–H and O–H groups in total. The van der Waals surface area contributed by atoms with Gasteiger partial charge in [-0.25, -0.2) is 8.78 Å². The summed E-state index contributed by atoms with van der Waals surface area (Å²) in [6.45, 7) is 0. The zero-order valence-electron chi connectivity index (χ0n) is 17.3. The van der Waals surface area contributed by atoms with Crippen LogP contribution < -0.4 is 10.2 Å². The van der Waals surface area contributed by atoms with Gasteiger partial charge in [-0.1, -0.05) is 12.1 Å². The van der Waals surface area contributed by atoms with Gasteiger partial charge in [0.1, 0.15) is 23.1 Å². The van der Waals surface area contributed by atoms with Crippen LogP contribution in [-0.4, -0.2) is 25.3 Å². The van der Waals surface area contributed by atoms with Gasteiger partial charge in [-0.15, -0.1) is 11.8 Å². The van der Waals surface area contributed by atoms with Gasteiger partial charge in [-0.2, -0.15) is 0 Å². The van der Waals surface area contributed by atoms with Crippen molar-refractivity contribution in [1.29, 1.82) is 0 Å². The van der Waals surface area contributed by atoms with Gasteiger partial charge in [0, 0.05) is 17.0 Å². The summed E-state index contributed by atoms with van der Waals surface area (Å²) >= 11 is 0.999. The second-order valence-electron chi connectivity index (χ2n) is 6.76.